The average molecular weight is 303 g/mol. The van der Waals surface area contributed by atoms with Crippen LogP contribution in [-0.4, -0.2) is 4.98 Å². The van der Waals surface area contributed by atoms with Gasteiger partial charge in [-0.05, 0) is 55.3 Å². The van der Waals surface area contributed by atoms with E-state index in [1.165, 1.54) is 11.1 Å². The van der Waals surface area contributed by atoms with Crippen LogP contribution in [-0.2, 0) is 6.54 Å². The molecule has 0 saturated carbocycles. The van der Waals surface area contributed by atoms with Crippen molar-refractivity contribution in [3.63, 3.8) is 0 Å². The average Bonchev–Trinajstić information content (AvgIpc) is 3.05. The maximum absolute atomic E-state index is 8.83. The van der Waals surface area contributed by atoms with Crippen molar-refractivity contribution >= 4 is 5.69 Å². The molecule has 0 spiro atoms. The molecule has 0 bridgehead atoms. The second-order valence-corrected chi connectivity index (χ2v) is 5.48. The monoisotopic (exact) mass is 303 g/mol. The SMILES string of the molecule is Cc1ccc(C)c(NCc2ncc(-c3ccc(C#N)cc3)o2)c1. The number of anilines is 1. The summed E-state index contributed by atoms with van der Waals surface area (Å²) in [6.45, 7) is 4.67. The van der Waals surface area contributed by atoms with Gasteiger partial charge in [0.05, 0.1) is 24.4 Å². The molecule has 0 amide bonds. The van der Waals surface area contributed by atoms with Crippen molar-refractivity contribution in [1.82, 2.24) is 4.98 Å². The van der Waals surface area contributed by atoms with E-state index in [1.807, 2.05) is 12.1 Å². The molecule has 0 fully saturated rings. The van der Waals surface area contributed by atoms with Gasteiger partial charge in [-0.15, -0.1) is 0 Å². The number of benzene rings is 2. The summed E-state index contributed by atoms with van der Waals surface area (Å²) in [6, 6.07) is 15.7. The Labute approximate surface area is 135 Å². The maximum atomic E-state index is 8.83. The summed E-state index contributed by atoms with van der Waals surface area (Å²) in [5, 5.41) is 12.2. The molecular formula is C19H17N3O. The normalized spacial score (nSPS) is 10.3. The minimum atomic E-state index is 0.528. The first-order chi connectivity index (χ1) is 11.2. The first-order valence-corrected chi connectivity index (χ1v) is 7.42. The molecule has 114 valence electrons. The van der Waals surface area contributed by atoms with Gasteiger partial charge < -0.3 is 9.73 Å². The molecule has 4 nitrogen and oxygen atoms in total. The molecule has 0 aliphatic rings. The van der Waals surface area contributed by atoms with Crippen molar-refractivity contribution in [2.75, 3.05) is 5.32 Å². The zero-order valence-corrected chi connectivity index (χ0v) is 13.1. The third-order valence-corrected chi connectivity index (χ3v) is 3.68. The predicted molar refractivity (Wildman–Crippen MR) is 89.9 cm³/mol. The van der Waals surface area contributed by atoms with Gasteiger partial charge in [0.2, 0.25) is 5.89 Å². The van der Waals surface area contributed by atoms with Crippen LogP contribution in [0.3, 0.4) is 0 Å². The quantitative estimate of drug-likeness (QED) is 0.774. The third kappa shape index (κ3) is 3.41. The summed E-state index contributed by atoms with van der Waals surface area (Å²) in [5.74, 6) is 1.33. The van der Waals surface area contributed by atoms with Gasteiger partial charge in [0.15, 0.2) is 5.76 Å². The summed E-state index contributed by atoms with van der Waals surface area (Å²) in [7, 11) is 0. The lowest BCUT2D eigenvalue weighted by Crippen LogP contribution is -2.01. The van der Waals surface area contributed by atoms with Crippen molar-refractivity contribution in [3.05, 3.63) is 71.2 Å². The third-order valence-electron chi connectivity index (χ3n) is 3.68. The Hall–Kier alpha value is -3.06. The van der Waals surface area contributed by atoms with E-state index in [0.29, 0.717) is 23.8 Å². The van der Waals surface area contributed by atoms with Crippen LogP contribution >= 0.6 is 0 Å². The minimum Gasteiger partial charge on any atom is -0.439 e. The zero-order valence-electron chi connectivity index (χ0n) is 13.1. The largest absolute Gasteiger partial charge is 0.439 e. The molecule has 0 aliphatic carbocycles. The van der Waals surface area contributed by atoms with Gasteiger partial charge >= 0.3 is 0 Å². The number of nitrogens with zero attached hydrogens (tertiary/aromatic N) is 2. The van der Waals surface area contributed by atoms with Gasteiger partial charge in [-0.1, -0.05) is 12.1 Å². The summed E-state index contributed by atoms with van der Waals surface area (Å²) < 4.78 is 5.78. The van der Waals surface area contributed by atoms with E-state index in [-0.39, 0.29) is 0 Å². The van der Waals surface area contributed by atoms with Crippen molar-refractivity contribution < 1.29 is 4.42 Å². The Kier molecular flexibility index (Phi) is 4.11. The smallest absolute Gasteiger partial charge is 0.214 e. The molecule has 3 aromatic rings. The molecule has 0 saturated heterocycles. The van der Waals surface area contributed by atoms with E-state index >= 15 is 0 Å². The molecule has 4 heteroatoms. The van der Waals surface area contributed by atoms with E-state index in [1.54, 1.807) is 18.3 Å². The lowest BCUT2D eigenvalue weighted by molar-refractivity contribution is 0.516. The van der Waals surface area contributed by atoms with Crippen LogP contribution in [0.5, 0.6) is 0 Å². The second-order valence-electron chi connectivity index (χ2n) is 5.48. The zero-order chi connectivity index (χ0) is 16.2. The first kappa shape index (κ1) is 14.9. The van der Waals surface area contributed by atoms with Crippen LogP contribution in [0.1, 0.15) is 22.6 Å². The van der Waals surface area contributed by atoms with Crippen LogP contribution in [0, 0.1) is 25.2 Å². The minimum absolute atomic E-state index is 0.528. The lowest BCUT2D eigenvalue weighted by Gasteiger charge is -2.08. The molecule has 1 heterocycles. The highest BCUT2D eigenvalue weighted by Crippen LogP contribution is 2.22. The number of hydrogen-bond acceptors (Lipinski definition) is 4. The second kappa shape index (κ2) is 6.37. The maximum Gasteiger partial charge on any atom is 0.214 e. The van der Waals surface area contributed by atoms with Gasteiger partial charge in [-0.3, -0.25) is 0 Å². The van der Waals surface area contributed by atoms with Crippen molar-refractivity contribution in [3.8, 4) is 17.4 Å². The summed E-state index contributed by atoms with van der Waals surface area (Å²) in [5.41, 5.74) is 5.03. The fraction of sp³-hybridized carbons (Fsp3) is 0.158. The van der Waals surface area contributed by atoms with E-state index in [2.05, 4.69) is 48.4 Å². The van der Waals surface area contributed by atoms with Crippen molar-refractivity contribution in [1.29, 1.82) is 5.26 Å². The molecule has 0 radical (unpaired) electrons. The topological polar surface area (TPSA) is 61.9 Å². The molecule has 1 N–H and O–H groups in total. The van der Waals surface area contributed by atoms with Crippen molar-refractivity contribution in [2.24, 2.45) is 0 Å². The molecule has 3 rings (SSSR count). The number of nitriles is 1. The number of oxazole rings is 1. The molecule has 23 heavy (non-hydrogen) atoms. The molecule has 0 aliphatic heterocycles. The fourth-order valence-corrected chi connectivity index (χ4v) is 2.33. The molecular weight excluding hydrogens is 286 g/mol. The highest BCUT2D eigenvalue weighted by Gasteiger charge is 2.07. The fourth-order valence-electron chi connectivity index (χ4n) is 2.33. The Morgan fingerprint density at radius 3 is 2.65 bits per heavy atom. The van der Waals surface area contributed by atoms with Gasteiger partial charge in [0.1, 0.15) is 0 Å². The van der Waals surface area contributed by atoms with Gasteiger partial charge in [-0.2, -0.15) is 5.26 Å². The van der Waals surface area contributed by atoms with Crippen LogP contribution in [0.4, 0.5) is 5.69 Å². The van der Waals surface area contributed by atoms with Crippen molar-refractivity contribution in [2.45, 2.75) is 20.4 Å². The highest BCUT2D eigenvalue weighted by atomic mass is 16.4. The molecule has 0 atom stereocenters. The lowest BCUT2D eigenvalue weighted by atomic mass is 10.1. The number of hydrogen-bond donors (Lipinski definition) is 1. The number of aryl methyl sites for hydroxylation is 2. The van der Waals surface area contributed by atoms with Crippen LogP contribution in [0.2, 0.25) is 0 Å². The summed E-state index contributed by atoms with van der Waals surface area (Å²) >= 11 is 0. The Morgan fingerprint density at radius 2 is 1.91 bits per heavy atom. The van der Waals surface area contributed by atoms with Gasteiger partial charge in [0, 0.05) is 11.3 Å². The summed E-state index contributed by atoms with van der Waals surface area (Å²) in [4.78, 5) is 4.31. The van der Waals surface area contributed by atoms with Crippen LogP contribution < -0.4 is 5.32 Å². The molecule has 1 aromatic heterocycles. The van der Waals surface area contributed by atoms with Crippen LogP contribution in [0.25, 0.3) is 11.3 Å². The summed E-state index contributed by atoms with van der Waals surface area (Å²) in [6.07, 6.45) is 1.71. The Balaban J connectivity index is 1.72. The standard InChI is InChI=1S/C19H17N3O/c1-13-3-4-14(2)17(9-13)21-12-19-22-11-18(23-19)16-7-5-15(10-20)6-8-16/h3-9,11,21H,12H2,1-2H3. The van der Waals surface area contributed by atoms with E-state index < -0.39 is 0 Å². The molecule has 2 aromatic carbocycles. The predicted octanol–water partition coefficient (Wildman–Crippen LogP) is 4.44. The highest BCUT2D eigenvalue weighted by molar-refractivity contribution is 5.58. The van der Waals surface area contributed by atoms with E-state index in [0.717, 1.165) is 11.3 Å². The number of rotatable bonds is 4. The molecule has 0 unspecified atom stereocenters. The first-order valence-electron chi connectivity index (χ1n) is 7.42. The van der Waals surface area contributed by atoms with Gasteiger partial charge in [-0.25, -0.2) is 4.98 Å². The van der Waals surface area contributed by atoms with Crippen LogP contribution in [0.15, 0.2) is 53.1 Å². The Morgan fingerprint density at radius 1 is 1.13 bits per heavy atom. The van der Waals surface area contributed by atoms with E-state index in [4.69, 9.17) is 9.68 Å². The van der Waals surface area contributed by atoms with E-state index in [9.17, 15) is 0 Å². The number of nitrogens with one attached hydrogen (secondary N) is 1. The van der Waals surface area contributed by atoms with Gasteiger partial charge in [0.25, 0.3) is 0 Å². The number of aromatic nitrogens is 1. The Bertz CT molecular complexity index is 857.